The number of pyridine rings is 1. The van der Waals surface area contributed by atoms with Crippen LogP contribution >= 0.6 is 0 Å². The Morgan fingerprint density at radius 3 is 2.76 bits per heavy atom. The Hall–Kier alpha value is -4.99. The molecule has 1 unspecified atom stereocenters. The van der Waals surface area contributed by atoms with Gasteiger partial charge in [-0.1, -0.05) is 24.3 Å². The summed E-state index contributed by atoms with van der Waals surface area (Å²) in [6, 6.07) is 17.6. The van der Waals surface area contributed by atoms with Gasteiger partial charge in [-0.05, 0) is 41.5 Å². The highest BCUT2D eigenvalue weighted by Gasteiger charge is 2.53. The molecular formula is C28H23N5O5. The molecule has 1 atom stereocenters. The van der Waals surface area contributed by atoms with E-state index in [0.29, 0.717) is 28.1 Å². The van der Waals surface area contributed by atoms with Gasteiger partial charge < -0.3 is 19.4 Å². The number of amides is 4. The van der Waals surface area contributed by atoms with Crippen molar-refractivity contribution in [3.05, 3.63) is 83.1 Å². The van der Waals surface area contributed by atoms with Crippen LogP contribution in [-0.4, -0.2) is 54.6 Å². The van der Waals surface area contributed by atoms with Crippen LogP contribution < -0.4 is 15.4 Å². The largest absolute Gasteiger partial charge is 0.497 e. The molecule has 0 saturated carbocycles. The van der Waals surface area contributed by atoms with Gasteiger partial charge in [0.1, 0.15) is 17.0 Å². The van der Waals surface area contributed by atoms with Crippen molar-refractivity contribution in [2.45, 2.75) is 12.1 Å². The molecule has 4 aromatic rings. The first-order valence-electron chi connectivity index (χ1n) is 11.9. The number of furan rings is 1. The fourth-order valence-corrected chi connectivity index (χ4v) is 4.96. The van der Waals surface area contributed by atoms with Crippen molar-refractivity contribution in [2.24, 2.45) is 4.99 Å². The maximum Gasteiger partial charge on any atom is 0.322 e. The molecule has 1 saturated heterocycles. The molecule has 10 nitrogen and oxygen atoms in total. The van der Waals surface area contributed by atoms with Gasteiger partial charge in [0.25, 0.3) is 11.8 Å². The van der Waals surface area contributed by atoms with Crippen LogP contribution in [-0.2, 0) is 16.9 Å². The van der Waals surface area contributed by atoms with Crippen molar-refractivity contribution in [1.29, 1.82) is 0 Å². The predicted molar refractivity (Wildman–Crippen MR) is 139 cm³/mol. The lowest BCUT2D eigenvalue weighted by Gasteiger charge is -2.28. The van der Waals surface area contributed by atoms with Crippen LogP contribution in [0.5, 0.6) is 5.75 Å². The summed E-state index contributed by atoms with van der Waals surface area (Å²) in [5, 5.41) is 5.00. The van der Waals surface area contributed by atoms with Crippen LogP contribution in [0.2, 0.25) is 0 Å². The number of carbonyl (C=O) groups excluding carboxylic acids is 3. The molecular weight excluding hydrogens is 486 g/mol. The molecule has 38 heavy (non-hydrogen) atoms. The molecule has 6 rings (SSSR count). The van der Waals surface area contributed by atoms with E-state index in [1.54, 1.807) is 37.5 Å². The number of imide groups is 1. The van der Waals surface area contributed by atoms with Crippen LogP contribution in [0.4, 0.5) is 4.79 Å². The molecule has 1 fully saturated rings. The van der Waals surface area contributed by atoms with Gasteiger partial charge in [0.2, 0.25) is 0 Å². The van der Waals surface area contributed by atoms with E-state index >= 15 is 0 Å². The van der Waals surface area contributed by atoms with Crippen molar-refractivity contribution in [3.63, 3.8) is 0 Å². The molecule has 2 N–H and O–H groups in total. The van der Waals surface area contributed by atoms with Crippen LogP contribution in [0, 0.1) is 0 Å². The maximum atomic E-state index is 13.2. The van der Waals surface area contributed by atoms with Gasteiger partial charge in [0.05, 0.1) is 19.3 Å². The first-order valence-corrected chi connectivity index (χ1v) is 11.9. The lowest BCUT2D eigenvalue weighted by molar-refractivity contribution is -0.125. The Morgan fingerprint density at radius 2 is 2.00 bits per heavy atom. The van der Waals surface area contributed by atoms with E-state index in [1.165, 1.54) is 12.0 Å². The number of nitrogens with one attached hydrogen (secondary N) is 2. The highest BCUT2D eigenvalue weighted by molar-refractivity contribution is 6.08. The number of fused-ring (bicyclic) bond motifs is 2. The third-order valence-corrected chi connectivity index (χ3v) is 6.82. The first-order chi connectivity index (χ1) is 18.4. The number of hydrogen-bond donors (Lipinski definition) is 2. The summed E-state index contributed by atoms with van der Waals surface area (Å²) in [6.07, 6.45) is 1.76. The van der Waals surface area contributed by atoms with Gasteiger partial charge in [0.15, 0.2) is 11.1 Å². The highest BCUT2D eigenvalue weighted by atomic mass is 16.5. The fraction of sp³-hybridized carbons (Fsp3) is 0.179. The molecule has 2 aromatic carbocycles. The maximum absolute atomic E-state index is 13.2. The summed E-state index contributed by atoms with van der Waals surface area (Å²) < 4.78 is 11.3. The Morgan fingerprint density at radius 1 is 1.13 bits per heavy atom. The zero-order valence-electron chi connectivity index (χ0n) is 20.6. The smallest absolute Gasteiger partial charge is 0.322 e. The zero-order chi connectivity index (χ0) is 26.4. The standard InChI is InChI=1S/C28H23N5O5/c1-29-13-16-4-3-5-17(10-16)21-8-9-23-22(30-21)12-24(38-23)28(26(35)31-27(36)32-28)15-33-14-18-6-7-19(37-2)11-20(18)25(33)34/h3-13H,14-15H2,1-2H3,(H2,31,32,35,36). The monoisotopic (exact) mass is 509 g/mol. The van der Waals surface area contributed by atoms with Gasteiger partial charge in [0, 0.05) is 37.0 Å². The topological polar surface area (TPSA) is 126 Å². The van der Waals surface area contributed by atoms with Crippen molar-refractivity contribution in [2.75, 3.05) is 20.7 Å². The second kappa shape index (κ2) is 8.84. The molecule has 2 aliphatic heterocycles. The Labute approximate surface area is 217 Å². The van der Waals surface area contributed by atoms with E-state index in [1.807, 2.05) is 36.4 Å². The summed E-state index contributed by atoms with van der Waals surface area (Å²) >= 11 is 0. The number of carbonyl (C=O) groups is 3. The summed E-state index contributed by atoms with van der Waals surface area (Å²) in [4.78, 5) is 49.1. The number of nitrogens with zero attached hydrogens (tertiary/aromatic N) is 3. The predicted octanol–water partition coefficient (Wildman–Crippen LogP) is 3.24. The minimum Gasteiger partial charge on any atom is -0.497 e. The van der Waals surface area contributed by atoms with E-state index in [0.717, 1.165) is 16.7 Å². The molecule has 0 spiro atoms. The van der Waals surface area contributed by atoms with E-state index in [-0.39, 0.29) is 24.8 Å². The third-order valence-electron chi connectivity index (χ3n) is 6.82. The molecule has 4 heterocycles. The minimum atomic E-state index is -1.61. The minimum absolute atomic E-state index is 0.120. The summed E-state index contributed by atoms with van der Waals surface area (Å²) in [6.45, 7) is 0.161. The SMILES string of the molecule is CN=Cc1cccc(-c2ccc3oc(C4(CN5Cc6ccc(OC)cc6C5=O)NC(=O)NC4=O)cc3n2)c1. The Bertz CT molecular complexity index is 1660. The summed E-state index contributed by atoms with van der Waals surface area (Å²) in [7, 11) is 3.24. The van der Waals surface area contributed by atoms with E-state index in [2.05, 4.69) is 15.6 Å². The Kier molecular flexibility index (Phi) is 5.45. The van der Waals surface area contributed by atoms with Crippen LogP contribution in [0.25, 0.3) is 22.4 Å². The van der Waals surface area contributed by atoms with Crippen LogP contribution in [0.3, 0.4) is 0 Å². The third kappa shape index (κ3) is 3.78. The molecule has 2 aromatic heterocycles. The second-order valence-electron chi connectivity index (χ2n) is 9.20. The summed E-state index contributed by atoms with van der Waals surface area (Å²) in [5.74, 6) is -0.116. The van der Waals surface area contributed by atoms with Gasteiger partial charge in [-0.2, -0.15) is 0 Å². The summed E-state index contributed by atoms with van der Waals surface area (Å²) in [5.41, 5.74) is 3.20. The average Bonchev–Trinajstić information content (AvgIpc) is 3.57. The quantitative estimate of drug-likeness (QED) is 0.304. The number of urea groups is 1. The fourth-order valence-electron chi connectivity index (χ4n) is 4.96. The van der Waals surface area contributed by atoms with Crippen molar-refractivity contribution in [1.82, 2.24) is 20.5 Å². The number of rotatable bonds is 6. The zero-order valence-corrected chi connectivity index (χ0v) is 20.6. The number of benzene rings is 2. The average molecular weight is 510 g/mol. The van der Waals surface area contributed by atoms with Crippen LogP contribution in [0.15, 0.2) is 70.1 Å². The van der Waals surface area contributed by atoms with Crippen molar-refractivity contribution in [3.8, 4) is 17.0 Å². The van der Waals surface area contributed by atoms with Crippen LogP contribution in [0.1, 0.15) is 27.2 Å². The normalized spacial score (nSPS) is 18.8. The number of ether oxygens (including phenoxy) is 1. The lowest BCUT2D eigenvalue weighted by atomic mass is 9.95. The van der Waals surface area contributed by atoms with Gasteiger partial charge >= 0.3 is 6.03 Å². The van der Waals surface area contributed by atoms with E-state index in [4.69, 9.17) is 14.1 Å². The van der Waals surface area contributed by atoms with Gasteiger partial charge in [-0.15, -0.1) is 0 Å². The molecule has 0 radical (unpaired) electrons. The Balaban J connectivity index is 1.37. The van der Waals surface area contributed by atoms with E-state index < -0.39 is 17.5 Å². The molecule has 2 aliphatic rings. The highest BCUT2D eigenvalue weighted by Crippen LogP contribution is 2.35. The van der Waals surface area contributed by atoms with Gasteiger partial charge in [-0.3, -0.25) is 19.9 Å². The number of hydrogen-bond acceptors (Lipinski definition) is 7. The molecule has 0 aliphatic carbocycles. The van der Waals surface area contributed by atoms with Gasteiger partial charge in [-0.25, -0.2) is 9.78 Å². The first kappa shape index (κ1) is 23.4. The number of aromatic nitrogens is 1. The molecule has 190 valence electrons. The second-order valence-corrected chi connectivity index (χ2v) is 9.20. The number of methoxy groups -OCH3 is 1. The molecule has 10 heteroatoms. The van der Waals surface area contributed by atoms with Crippen molar-refractivity contribution >= 4 is 35.2 Å². The number of aliphatic imine (C=N–C) groups is 1. The molecule has 4 amide bonds. The van der Waals surface area contributed by atoms with Crippen molar-refractivity contribution < 1.29 is 23.5 Å². The van der Waals surface area contributed by atoms with E-state index in [9.17, 15) is 14.4 Å². The lowest BCUT2D eigenvalue weighted by Crippen LogP contribution is -2.52. The molecule has 0 bridgehead atoms.